The minimum Gasteiger partial charge on any atom is -0.480 e. The van der Waals surface area contributed by atoms with Crippen LogP contribution in [0, 0.1) is 11.8 Å². The molecule has 0 bridgehead atoms. The summed E-state index contributed by atoms with van der Waals surface area (Å²) >= 11 is 0. The average molecular weight is 199 g/mol. The Morgan fingerprint density at radius 3 is 2.64 bits per heavy atom. The predicted octanol–water partition coefficient (Wildman–Crippen LogP) is 1.87. The summed E-state index contributed by atoms with van der Waals surface area (Å²) in [6, 6.07) is 0.0145. The summed E-state index contributed by atoms with van der Waals surface area (Å²) < 4.78 is 0. The lowest BCUT2D eigenvalue weighted by molar-refractivity contribution is -0.142. The number of piperidine rings is 1. The molecule has 0 saturated carbocycles. The maximum absolute atomic E-state index is 11.0. The average Bonchev–Trinajstić information content (AvgIpc) is 2.07. The van der Waals surface area contributed by atoms with Gasteiger partial charge in [-0.05, 0) is 38.0 Å². The maximum atomic E-state index is 11.0. The van der Waals surface area contributed by atoms with Crippen LogP contribution in [0.3, 0.4) is 0 Å². The van der Waals surface area contributed by atoms with Crippen molar-refractivity contribution < 1.29 is 9.90 Å². The second-order valence-electron chi connectivity index (χ2n) is 4.85. The SMILES string of the molecule is CC(C)CC1CCC(C)NC1C(=O)O. The molecule has 3 heteroatoms. The van der Waals surface area contributed by atoms with Gasteiger partial charge in [-0.15, -0.1) is 0 Å². The minimum atomic E-state index is -0.692. The van der Waals surface area contributed by atoms with E-state index in [1.807, 2.05) is 0 Å². The van der Waals surface area contributed by atoms with Crippen molar-refractivity contribution >= 4 is 5.97 Å². The van der Waals surface area contributed by atoms with E-state index in [1.165, 1.54) is 0 Å². The van der Waals surface area contributed by atoms with Gasteiger partial charge in [-0.3, -0.25) is 4.79 Å². The molecule has 1 aliphatic rings. The Morgan fingerprint density at radius 2 is 2.14 bits per heavy atom. The molecule has 1 aliphatic heterocycles. The zero-order chi connectivity index (χ0) is 10.7. The molecule has 1 rings (SSSR count). The highest BCUT2D eigenvalue weighted by molar-refractivity contribution is 5.74. The molecule has 1 heterocycles. The number of carboxylic acid groups (broad SMARTS) is 1. The van der Waals surface area contributed by atoms with Gasteiger partial charge >= 0.3 is 5.97 Å². The van der Waals surface area contributed by atoms with Crippen molar-refractivity contribution in [3.63, 3.8) is 0 Å². The molecule has 0 spiro atoms. The van der Waals surface area contributed by atoms with Crippen LogP contribution in [0.5, 0.6) is 0 Å². The number of hydrogen-bond acceptors (Lipinski definition) is 2. The molecule has 3 nitrogen and oxygen atoms in total. The van der Waals surface area contributed by atoms with Gasteiger partial charge < -0.3 is 10.4 Å². The van der Waals surface area contributed by atoms with Crippen LogP contribution in [0.15, 0.2) is 0 Å². The molecular formula is C11H21NO2. The Morgan fingerprint density at radius 1 is 1.50 bits per heavy atom. The van der Waals surface area contributed by atoms with E-state index in [4.69, 9.17) is 5.11 Å². The van der Waals surface area contributed by atoms with Crippen molar-refractivity contribution in [3.05, 3.63) is 0 Å². The summed E-state index contributed by atoms with van der Waals surface area (Å²) in [5, 5.41) is 12.2. The lowest BCUT2D eigenvalue weighted by Crippen LogP contribution is -2.51. The first kappa shape index (κ1) is 11.5. The van der Waals surface area contributed by atoms with Gasteiger partial charge in [0, 0.05) is 6.04 Å². The summed E-state index contributed by atoms with van der Waals surface area (Å²) in [6.07, 6.45) is 3.15. The number of aliphatic carboxylic acids is 1. The molecule has 0 aliphatic carbocycles. The number of rotatable bonds is 3. The normalized spacial score (nSPS) is 33.3. The molecule has 0 aromatic heterocycles. The summed E-state index contributed by atoms with van der Waals surface area (Å²) in [5.41, 5.74) is 0. The fourth-order valence-corrected chi connectivity index (χ4v) is 2.29. The molecule has 0 aromatic carbocycles. The van der Waals surface area contributed by atoms with Crippen LogP contribution in [0.1, 0.15) is 40.0 Å². The van der Waals surface area contributed by atoms with Crippen LogP contribution in [0.25, 0.3) is 0 Å². The first-order chi connectivity index (χ1) is 6.50. The molecule has 1 fully saturated rings. The maximum Gasteiger partial charge on any atom is 0.320 e. The molecular weight excluding hydrogens is 178 g/mol. The van der Waals surface area contributed by atoms with Gasteiger partial charge in [0.25, 0.3) is 0 Å². The van der Waals surface area contributed by atoms with E-state index in [0.29, 0.717) is 17.9 Å². The van der Waals surface area contributed by atoms with Crippen LogP contribution in [0.4, 0.5) is 0 Å². The van der Waals surface area contributed by atoms with Gasteiger partial charge in [0.1, 0.15) is 6.04 Å². The molecule has 0 amide bonds. The Bertz CT molecular complexity index is 203. The third-order valence-corrected chi connectivity index (χ3v) is 2.95. The van der Waals surface area contributed by atoms with Crippen LogP contribution >= 0.6 is 0 Å². The van der Waals surface area contributed by atoms with E-state index in [9.17, 15) is 4.79 Å². The highest BCUT2D eigenvalue weighted by Gasteiger charge is 2.33. The van der Waals surface area contributed by atoms with Crippen molar-refractivity contribution in [1.82, 2.24) is 5.32 Å². The van der Waals surface area contributed by atoms with Gasteiger partial charge in [-0.1, -0.05) is 13.8 Å². The van der Waals surface area contributed by atoms with Gasteiger partial charge in [0.05, 0.1) is 0 Å². The smallest absolute Gasteiger partial charge is 0.320 e. The quantitative estimate of drug-likeness (QED) is 0.729. The third-order valence-electron chi connectivity index (χ3n) is 2.95. The molecule has 3 unspecified atom stereocenters. The standard InChI is InChI=1S/C11H21NO2/c1-7(2)6-9-5-4-8(3)12-10(9)11(13)14/h7-10,12H,4-6H2,1-3H3,(H,13,14). The van der Waals surface area contributed by atoms with E-state index in [2.05, 4.69) is 26.1 Å². The molecule has 0 aromatic rings. The first-order valence-electron chi connectivity index (χ1n) is 5.49. The highest BCUT2D eigenvalue weighted by Crippen LogP contribution is 2.26. The van der Waals surface area contributed by atoms with Crippen molar-refractivity contribution in [1.29, 1.82) is 0 Å². The molecule has 0 radical (unpaired) electrons. The monoisotopic (exact) mass is 199 g/mol. The van der Waals surface area contributed by atoms with Crippen molar-refractivity contribution in [3.8, 4) is 0 Å². The van der Waals surface area contributed by atoms with Crippen LogP contribution in [0.2, 0.25) is 0 Å². The predicted molar refractivity (Wildman–Crippen MR) is 56.2 cm³/mol. The second kappa shape index (κ2) is 4.78. The van der Waals surface area contributed by atoms with Crippen LogP contribution in [-0.4, -0.2) is 23.2 Å². The molecule has 3 atom stereocenters. The Labute approximate surface area is 85.9 Å². The van der Waals surface area contributed by atoms with E-state index < -0.39 is 5.97 Å². The summed E-state index contributed by atoms with van der Waals surface area (Å²) in [5.74, 6) is 0.197. The van der Waals surface area contributed by atoms with Crippen molar-refractivity contribution in [2.75, 3.05) is 0 Å². The Kier molecular flexibility index (Phi) is 3.93. The van der Waals surface area contributed by atoms with E-state index in [-0.39, 0.29) is 6.04 Å². The molecule has 1 saturated heterocycles. The molecule has 14 heavy (non-hydrogen) atoms. The third kappa shape index (κ3) is 2.98. The summed E-state index contributed by atoms with van der Waals surface area (Å²) in [4.78, 5) is 11.0. The fourth-order valence-electron chi connectivity index (χ4n) is 2.29. The van der Waals surface area contributed by atoms with Crippen molar-refractivity contribution in [2.45, 2.75) is 52.1 Å². The van der Waals surface area contributed by atoms with Crippen LogP contribution in [-0.2, 0) is 4.79 Å². The van der Waals surface area contributed by atoms with E-state index in [0.717, 1.165) is 19.3 Å². The zero-order valence-electron chi connectivity index (χ0n) is 9.29. The fraction of sp³-hybridized carbons (Fsp3) is 0.909. The number of nitrogens with one attached hydrogen (secondary N) is 1. The van der Waals surface area contributed by atoms with Gasteiger partial charge in [-0.25, -0.2) is 0 Å². The van der Waals surface area contributed by atoms with Gasteiger partial charge in [-0.2, -0.15) is 0 Å². The summed E-state index contributed by atoms with van der Waals surface area (Å²) in [6.45, 7) is 6.36. The van der Waals surface area contributed by atoms with Gasteiger partial charge in [0.15, 0.2) is 0 Å². The Balaban J connectivity index is 2.58. The number of carboxylic acids is 1. The largest absolute Gasteiger partial charge is 0.480 e. The minimum absolute atomic E-state index is 0.309. The topological polar surface area (TPSA) is 49.3 Å². The highest BCUT2D eigenvalue weighted by atomic mass is 16.4. The zero-order valence-corrected chi connectivity index (χ0v) is 9.29. The lowest BCUT2D eigenvalue weighted by atomic mass is 9.82. The van der Waals surface area contributed by atoms with E-state index in [1.54, 1.807) is 0 Å². The first-order valence-corrected chi connectivity index (χ1v) is 5.49. The Hall–Kier alpha value is -0.570. The molecule has 82 valence electrons. The van der Waals surface area contributed by atoms with Crippen LogP contribution < -0.4 is 5.32 Å². The lowest BCUT2D eigenvalue weighted by Gasteiger charge is -2.34. The van der Waals surface area contributed by atoms with Gasteiger partial charge in [0.2, 0.25) is 0 Å². The molecule has 2 N–H and O–H groups in total. The number of carbonyl (C=O) groups is 1. The second-order valence-corrected chi connectivity index (χ2v) is 4.85. The summed E-state index contributed by atoms with van der Waals surface area (Å²) in [7, 11) is 0. The van der Waals surface area contributed by atoms with E-state index >= 15 is 0 Å². The van der Waals surface area contributed by atoms with Crippen molar-refractivity contribution in [2.24, 2.45) is 11.8 Å². The number of hydrogen-bond donors (Lipinski definition) is 2.